The van der Waals surface area contributed by atoms with Gasteiger partial charge in [-0.25, -0.2) is 0 Å². The van der Waals surface area contributed by atoms with E-state index < -0.39 is 8.07 Å². The minimum atomic E-state index is -1.75. The van der Waals surface area contributed by atoms with Crippen LogP contribution >= 0.6 is 15.9 Å². The first kappa shape index (κ1) is 27.3. The summed E-state index contributed by atoms with van der Waals surface area (Å²) in [6, 6.07) is 6.25. The Bertz CT molecular complexity index is 647. The molecule has 0 heterocycles. The van der Waals surface area contributed by atoms with E-state index in [-0.39, 0.29) is 0 Å². The summed E-state index contributed by atoms with van der Waals surface area (Å²) in [5, 5.41) is 0. The molecule has 0 N–H and O–H groups in total. The van der Waals surface area contributed by atoms with E-state index >= 15 is 0 Å². The van der Waals surface area contributed by atoms with Gasteiger partial charge in [0.15, 0.2) is 0 Å². The standard InChI is InChI=1S/C27H45BrOSi/c1-8-9-10-11-12-13-14-15-19-29-27-17-16-26(28)21-25(27)18-20-30(22(2)3,23(4)5)24(6)7/h16-17,21-24H,8-15,19H2,1-7H3. The molecule has 0 saturated carbocycles. The topological polar surface area (TPSA) is 9.23 Å². The molecule has 1 nitrogen and oxygen atoms in total. The van der Waals surface area contributed by atoms with Crippen molar-refractivity contribution < 1.29 is 4.74 Å². The molecular formula is C27H45BrOSi. The van der Waals surface area contributed by atoms with Gasteiger partial charge in [0.2, 0.25) is 0 Å². The zero-order valence-electron chi connectivity index (χ0n) is 20.6. The van der Waals surface area contributed by atoms with Crippen LogP contribution in [0.5, 0.6) is 5.75 Å². The van der Waals surface area contributed by atoms with Gasteiger partial charge < -0.3 is 4.74 Å². The summed E-state index contributed by atoms with van der Waals surface area (Å²) in [7, 11) is -1.75. The van der Waals surface area contributed by atoms with Crippen LogP contribution in [0.15, 0.2) is 22.7 Å². The van der Waals surface area contributed by atoms with Gasteiger partial charge in [0.25, 0.3) is 0 Å². The third-order valence-electron chi connectivity index (χ3n) is 6.48. The molecule has 0 radical (unpaired) electrons. The third-order valence-corrected chi connectivity index (χ3v) is 13.3. The lowest BCUT2D eigenvalue weighted by atomic mass is 10.1. The molecule has 0 aliphatic rings. The molecule has 0 aliphatic heterocycles. The quantitative estimate of drug-likeness (QED) is 0.151. The van der Waals surface area contributed by atoms with Crippen LogP contribution in [-0.2, 0) is 0 Å². The van der Waals surface area contributed by atoms with Crippen LogP contribution in [0.4, 0.5) is 0 Å². The summed E-state index contributed by atoms with van der Waals surface area (Å²) >= 11 is 3.62. The lowest BCUT2D eigenvalue weighted by Gasteiger charge is -2.38. The smallest absolute Gasteiger partial charge is 0.146 e. The van der Waals surface area contributed by atoms with E-state index in [9.17, 15) is 0 Å². The van der Waals surface area contributed by atoms with E-state index in [2.05, 4.69) is 94.1 Å². The first-order valence-corrected chi connectivity index (χ1v) is 15.2. The van der Waals surface area contributed by atoms with Gasteiger partial charge in [-0.1, -0.05) is 115 Å². The van der Waals surface area contributed by atoms with Crippen molar-refractivity contribution in [3.63, 3.8) is 0 Å². The fourth-order valence-corrected chi connectivity index (χ4v) is 10.3. The molecule has 1 aromatic carbocycles. The Kier molecular flexibility index (Phi) is 13.1. The number of hydrogen-bond donors (Lipinski definition) is 0. The minimum Gasteiger partial charge on any atom is -0.492 e. The second-order valence-corrected chi connectivity index (χ2v) is 16.1. The monoisotopic (exact) mass is 492 g/mol. The van der Waals surface area contributed by atoms with Gasteiger partial charge in [-0.15, -0.1) is 5.54 Å². The highest BCUT2D eigenvalue weighted by Gasteiger charge is 2.41. The summed E-state index contributed by atoms with van der Waals surface area (Å²) in [4.78, 5) is 0. The zero-order valence-corrected chi connectivity index (χ0v) is 23.2. The van der Waals surface area contributed by atoms with Crippen molar-refractivity contribution in [1.29, 1.82) is 0 Å². The molecule has 30 heavy (non-hydrogen) atoms. The summed E-state index contributed by atoms with van der Waals surface area (Å²) in [5.74, 6) is 4.51. The average Bonchev–Trinajstić information content (AvgIpc) is 2.67. The van der Waals surface area contributed by atoms with Crippen LogP contribution in [0.25, 0.3) is 0 Å². The van der Waals surface area contributed by atoms with Crippen LogP contribution < -0.4 is 4.74 Å². The predicted octanol–water partition coefficient (Wildman–Crippen LogP) is 9.54. The molecule has 170 valence electrons. The number of benzene rings is 1. The highest BCUT2D eigenvalue weighted by Crippen LogP contribution is 2.41. The first-order valence-electron chi connectivity index (χ1n) is 12.2. The van der Waals surface area contributed by atoms with Gasteiger partial charge >= 0.3 is 0 Å². The second kappa shape index (κ2) is 14.4. The number of hydrogen-bond acceptors (Lipinski definition) is 1. The van der Waals surface area contributed by atoms with Crippen molar-refractivity contribution >= 4 is 24.0 Å². The maximum Gasteiger partial charge on any atom is 0.146 e. The predicted molar refractivity (Wildman–Crippen MR) is 140 cm³/mol. The molecule has 0 fully saturated rings. The molecule has 0 amide bonds. The van der Waals surface area contributed by atoms with Crippen LogP contribution in [0.3, 0.4) is 0 Å². The molecule has 0 bridgehead atoms. The molecule has 0 spiro atoms. The van der Waals surface area contributed by atoms with E-state index in [1.165, 1.54) is 44.9 Å². The van der Waals surface area contributed by atoms with Gasteiger partial charge in [0, 0.05) is 4.47 Å². The Morgan fingerprint density at radius 3 is 1.90 bits per heavy atom. The highest BCUT2D eigenvalue weighted by molar-refractivity contribution is 9.10. The van der Waals surface area contributed by atoms with E-state index in [1.807, 2.05) is 0 Å². The Hall–Kier alpha value is -0.723. The summed E-state index contributed by atoms with van der Waals surface area (Å²) in [5.41, 5.74) is 6.78. The van der Waals surface area contributed by atoms with Gasteiger partial charge in [0.1, 0.15) is 13.8 Å². The Labute approximate surface area is 196 Å². The molecule has 0 aromatic heterocycles. The molecule has 1 rings (SSSR count). The normalized spacial score (nSPS) is 11.8. The summed E-state index contributed by atoms with van der Waals surface area (Å²) in [6.07, 6.45) is 10.5. The Morgan fingerprint density at radius 2 is 1.37 bits per heavy atom. The lowest BCUT2D eigenvalue weighted by Crippen LogP contribution is -2.43. The fraction of sp³-hybridized carbons (Fsp3) is 0.704. The van der Waals surface area contributed by atoms with Crippen LogP contribution in [0.2, 0.25) is 16.6 Å². The van der Waals surface area contributed by atoms with Crippen molar-refractivity contribution in [2.75, 3.05) is 6.61 Å². The number of rotatable bonds is 13. The molecule has 0 atom stereocenters. The van der Waals surface area contributed by atoms with E-state index in [0.29, 0.717) is 16.6 Å². The molecule has 3 heteroatoms. The minimum absolute atomic E-state index is 0.638. The van der Waals surface area contributed by atoms with Crippen LogP contribution in [0.1, 0.15) is 105 Å². The maximum atomic E-state index is 6.18. The van der Waals surface area contributed by atoms with Crippen molar-refractivity contribution in [3.8, 4) is 17.2 Å². The molecule has 0 aliphatic carbocycles. The van der Waals surface area contributed by atoms with Gasteiger partial charge in [-0.3, -0.25) is 0 Å². The van der Waals surface area contributed by atoms with E-state index in [4.69, 9.17) is 4.74 Å². The maximum absolute atomic E-state index is 6.18. The average molecular weight is 494 g/mol. The zero-order chi connectivity index (χ0) is 22.6. The summed E-state index contributed by atoms with van der Waals surface area (Å²) < 4.78 is 7.24. The highest BCUT2D eigenvalue weighted by atomic mass is 79.9. The molecule has 0 saturated heterocycles. The van der Waals surface area contributed by atoms with Crippen LogP contribution in [-0.4, -0.2) is 14.7 Å². The Morgan fingerprint density at radius 1 is 0.833 bits per heavy atom. The van der Waals surface area contributed by atoms with E-state index in [0.717, 1.165) is 28.8 Å². The fourth-order valence-electron chi connectivity index (χ4n) is 4.75. The number of ether oxygens (including phenoxy) is 1. The van der Waals surface area contributed by atoms with Gasteiger partial charge in [-0.2, -0.15) is 0 Å². The number of unbranched alkanes of at least 4 members (excludes halogenated alkanes) is 7. The number of halogens is 1. The van der Waals surface area contributed by atoms with Crippen molar-refractivity contribution in [2.45, 2.75) is 116 Å². The van der Waals surface area contributed by atoms with Gasteiger partial charge in [-0.05, 0) is 41.2 Å². The second-order valence-electron chi connectivity index (χ2n) is 9.61. The first-order chi connectivity index (χ1) is 14.3. The van der Waals surface area contributed by atoms with E-state index in [1.54, 1.807) is 0 Å². The van der Waals surface area contributed by atoms with Gasteiger partial charge in [0.05, 0.1) is 12.2 Å². The van der Waals surface area contributed by atoms with Crippen molar-refractivity contribution in [3.05, 3.63) is 28.2 Å². The molecule has 0 unspecified atom stereocenters. The largest absolute Gasteiger partial charge is 0.492 e. The Balaban J connectivity index is 2.78. The van der Waals surface area contributed by atoms with Crippen molar-refractivity contribution in [1.82, 2.24) is 0 Å². The SMILES string of the molecule is CCCCCCCCCCOc1ccc(Br)cc1C#C[Si](C(C)C)(C(C)C)C(C)C. The molecular weight excluding hydrogens is 448 g/mol. The van der Waals surface area contributed by atoms with Crippen molar-refractivity contribution in [2.24, 2.45) is 0 Å². The summed E-state index contributed by atoms with van der Waals surface area (Å²) in [6.45, 7) is 17.2. The van der Waals surface area contributed by atoms with Crippen LogP contribution in [0, 0.1) is 11.5 Å². The molecule has 1 aromatic rings. The third kappa shape index (κ3) is 8.43. The lowest BCUT2D eigenvalue weighted by molar-refractivity contribution is 0.303.